The molecular formula is C24H25BO4S. The van der Waals surface area contributed by atoms with E-state index in [1.54, 1.807) is 6.92 Å². The maximum atomic E-state index is 12.8. The standard InChI is InChI=1S/C24H25BO4S/c1-15(26)30-14-17(25-28-23(2,3)24(4,5)29-25)12-16-10-11-19-18-8-6-7-9-20(18)22(27)21(19)13-16/h6-13H,14H2,1-5H3. The van der Waals surface area contributed by atoms with Crippen molar-refractivity contribution in [2.24, 2.45) is 0 Å². The second-order valence-corrected chi connectivity index (χ2v) is 9.92. The third-order valence-electron chi connectivity index (χ3n) is 6.10. The molecule has 2 aliphatic rings. The van der Waals surface area contributed by atoms with Crippen molar-refractivity contribution in [3.05, 3.63) is 64.6 Å². The van der Waals surface area contributed by atoms with Crippen LogP contribution in [0.4, 0.5) is 0 Å². The van der Waals surface area contributed by atoms with E-state index >= 15 is 0 Å². The average molecular weight is 420 g/mol. The van der Waals surface area contributed by atoms with Crippen LogP contribution in [0.3, 0.4) is 0 Å². The van der Waals surface area contributed by atoms with Crippen LogP contribution >= 0.6 is 11.8 Å². The first-order valence-electron chi connectivity index (χ1n) is 10.1. The molecule has 2 aromatic carbocycles. The minimum absolute atomic E-state index is 0.0389. The Hall–Kier alpha value is -2.15. The van der Waals surface area contributed by atoms with Gasteiger partial charge >= 0.3 is 7.12 Å². The minimum atomic E-state index is -0.539. The first-order valence-corrected chi connectivity index (χ1v) is 11.1. The molecule has 1 aliphatic carbocycles. The van der Waals surface area contributed by atoms with Crippen LogP contribution in [-0.2, 0) is 14.1 Å². The second-order valence-electron chi connectivity index (χ2n) is 8.77. The van der Waals surface area contributed by atoms with Crippen molar-refractivity contribution in [1.29, 1.82) is 0 Å². The number of carbonyl (C=O) groups is 2. The minimum Gasteiger partial charge on any atom is -0.400 e. The summed E-state index contributed by atoms with van der Waals surface area (Å²) in [5.74, 6) is 0.517. The van der Waals surface area contributed by atoms with Crippen molar-refractivity contribution in [1.82, 2.24) is 0 Å². The Kier molecular flexibility index (Phi) is 5.29. The molecule has 0 amide bonds. The van der Waals surface area contributed by atoms with Gasteiger partial charge in [-0.1, -0.05) is 54.2 Å². The lowest BCUT2D eigenvalue weighted by Crippen LogP contribution is -2.41. The van der Waals surface area contributed by atoms with Gasteiger partial charge in [0.15, 0.2) is 10.9 Å². The molecule has 0 aromatic heterocycles. The van der Waals surface area contributed by atoms with Gasteiger partial charge in [0.1, 0.15) is 0 Å². The summed E-state index contributed by atoms with van der Waals surface area (Å²) in [5, 5.41) is 0.0389. The molecule has 4 rings (SSSR count). The summed E-state index contributed by atoms with van der Waals surface area (Å²) >= 11 is 1.23. The summed E-state index contributed by atoms with van der Waals surface area (Å²) in [6.07, 6.45) is 1.98. The van der Waals surface area contributed by atoms with Gasteiger partial charge in [0.2, 0.25) is 0 Å². The van der Waals surface area contributed by atoms with Gasteiger partial charge in [-0.3, -0.25) is 9.59 Å². The van der Waals surface area contributed by atoms with Gasteiger partial charge in [-0.05, 0) is 55.9 Å². The van der Waals surface area contributed by atoms with E-state index in [2.05, 4.69) is 0 Å². The topological polar surface area (TPSA) is 52.6 Å². The molecule has 4 nitrogen and oxygen atoms in total. The highest BCUT2D eigenvalue weighted by Crippen LogP contribution is 2.40. The van der Waals surface area contributed by atoms with Gasteiger partial charge in [0.05, 0.1) is 11.2 Å². The average Bonchev–Trinajstić information content (AvgIpc) is 3.08. The molecule has 1 saturated heterocycles. The van der Waals surface area contributed by atoms with E-state index in [0.717, 1.165) is 27.7 Å². The molecule has 2 aromatic rings. The Morgan fingerprint density at radius 2 is 1.57 bits per heavy atom. The van der Waals surface area contributed by atoms with Crippen molar-refractivity contribution in [3.63, 3.8) is 0 Å². The van der Waals surface area contributed by atoms with Gasteiger partial charge in [-0.2, -0.15) is 0 Å². The normalized spacial score (nSPS) is 19.0. The van der Waals surface area contributed by atoms with Gasteiger partial charge in [0, 0.05) is 23.8 Å². The summed E-state index contributed by atoms with van der Waals surface area (Å²) in [6, 6.07) is 13.6. The SMILES string of the molecule is CC(=O)SCC(=Cc1ccc2c(c1)C(=O)c1ccccc1-2)B1OC(C)(C)C(C)(C)O1. The Balaban J connectivity index is 1.70. The largest absolute Gasteiger partial charge is 0.491 e. The van der Waals surface area contributed by atoms with Crippen LogP contribution in [0.5, 0.6) is 0 Å². The van der Waals surface area contributed by atoms with Crippen LogP contribution in [0.15, 0.2) is 47.9 Å². The lowest BCUT2D eigenvalue weighted by Gasteiger charge is -2.32. The maximum absolute atomic E-state index is 12.8. The first kappa shape index (κ1) is 21.1. The molecule has 154 valence electrons. The van der Waals surface area contributed by atoms with Crippen LogP contribution in [0.1, 0.15) is 56.1 Å². The quantitative estimate of drug-likeness (QED) is 0.544. The molecule has 1 fully saturated rings. The van der Waals surface area contributed by atoms with E-state index in [0.29, 0.717) is 11.3 Å². The molecule has 0 N–H and O–H groups in total. The van der Waals surface area contributed by atoms with Crippen molar-refractivity contribution >= 4 is 35.9 Å². The summed E-state index contributed by atoms with van der Waals surface area (Å²) in [6.45, 7) is 9.59. The number of benzene rings is 2. The number of fused-ring (bicyclic) bond motifs is 3. The molecule has 0 spiro atoms. The molecule has 0 bridgehead atoms. The van der Waals surface area contributed by atoms with Crippen molar-refractivity contribution in [2.45, 2.75) is 45.8 Å². The lowest BCUT2D eigenvalue weighted by molar-refractivity contribution is -0.109. The number of rotatable bonds is 4. The van der Waals surface area contributed by atoms with Gasteiger partial charge in [0.25, 0.3) is 0 Å². The predicted octanol–water partition coefficient (Wildman–Crippen LogP) is 5.19. The molecule has 0 unspecified atom stereocenters. The molecule has 0 saturated carbocycles. The fraction of sp³-hybridized carbons (Fsp3) is 0.333. The summed E-state index contributed by atoms with van der Waals surface area (Å²) in [4.78, 5) is 24.5. The van der Waals surface area contributed by atoms with Gasteiger partial charge in [-0.25, -0.2) is 0 Å². The Bertz CT molecular complexity index is 1050. The predicted molar refractivity (Wildman–Crippen MR) is 123 cm³/mol. The van der Waals surface area contributed by atoms with Crippen LogP contribution in [0, 0.1) is 0 Å². The summed E-state index contributed by atoms with van der Waals surface area (Å²) in [7, 11) is -0.539. The highest BCUT2D eigenvalue weighted by atomic mass is 32.2. The van der Waals surface area contributed by atoms with Crippen LogP contribution in [0.2, 0.25) is 0 Å². The zero-order valence-corrected chi connectivity index (χ0v) is 18.8. The highest BCUT2D eigenvalue weighted by molar-refractivity contribution is 8.13. The van der Waals surface area contributed by atoms with E-state index in [1.165, 1.54) is 11.8 Å². The van der Waals surface area contributed by atoms with E-state index in [9.17, 15) is 9.59 Å². The molecule has 0 atom stereocenters. The summed E-state index contributed by atoms with van der Waals surface area (Å²) in [5.41, 5.74) is 4.22. The molecule has 0 radical (unpaired) electrons. The number of hydrogen-bond donors (Lipinski definition) is 0. The zero-order valence-electron chi connectivity index (χ0n) is 17.9. The Morgan fingerprint density at radius 1 is 0.967 bits per heavy atom. The molecule has 30 heavy (non-hydrogen) atoms. The highest BCUT2D eigenvalue weighted by Gasteiger charge is 2.52. The smallest absolute Gasteiger partial charge is 0.400 e. The first-order chi connectivity index (χ1) is 14.1. The van der Waals surface area contributed by atoms with E-state index in [1.807, 2.05) is 76.2 Å². The summed E-state index contributed by atoms with van der Waals surface area (Å²) < 4.78 is 12.4. The second kappa shape index (κ2) is 7.52. The van der Waals surface area contributed by atoms with E-state index in [4.69, 9.17) is 9.31 Å². The fourth-order valence-electron chi connectivity index (χ4n) is 3.71. The monoisotopic (exact) mass is 420 g/mol. The van der Waals surface area contributed by atoms with Crippen molar-refractivity contribution < 1.29 is 18.9 Å². The molecule has 1 heterocycles. The Morgan fingerprint density at radius 3 is 2.20 bits per heavy atom. The number of ketones is 1. The molecule has 6 heteroatoms. The van der Waals surface area contributed by atoms with Gasteiger partial charge in [-0.15, -0.1) is 0 Å². The number of hydrogen-bond acceptors (Lipinski definition) is 5. The number of thioether (sulfide) groups is 1. The third kappa shape index (κ3) is 3.68. The van der Waals surface area contributed by atoms with Gasteiger partial charge < -0.3 is 9.31 Å². The molecule has 1 aliphatic heterocycles. The van der Waals surface area contributed by atoms with E-state index in [-0.39, 0.29) is 10.9 Å². The van der Waals surface area contributed by atoms with Crippen LogP contribution < -0.4 is 0 Å². The maximum Gasteiger partial charge on any atom is 0.491 e. The van der Waals surface area contributed by atoms with E-state index < -0.39 is 18.3 Å². The fourth-order valence-corrected chi connectivity index (χ4v) is 4.30. The zero-order chi connectivity index (χ0) is 21.7. The Labute approximate surface area is 182 Å². The van der Waals surface area contributed by atoms with Crippen molar-refractivity contribution in [3.8, 4) is 11.1 Å². The number of carbonyl (C=O) groups excluding carboxylic acids is 2. The molecular weight excluding hydrogens is 395 g/mol. The third-order valence-corrected chi connectivity index (χ3v) is 6.98. The van der Waals surface area contributed by atoms with Crippen molar-refractivity contribution in [2.75, 3.05) is 5.75 Å². The van der Waals surface area contributed by atoms with Crippen LogP contribution in [0.25, 0.3) is 17.2 Å². The lowest BCUT2D eigenvalue weighted by atomic mass is 9.78. The van der Waals surface area contributed by atoms with Crippen LogP contribution in [-0.4, -0.2) is 35.0 Å².